The first-order valence-electron chi connectivity index (χ1n) is 9.42. The van der Waals surface area contributed by atoms with Gasteiger partial charge in [-0.05, 0) is 29.7 Å². The molecule has 1 fully saturated rings. The molecule has 2 aliphatic rings. The van der Waals surface area contributed by atoms with E-state index in [0.29, 0.717) is 6.07 Å². The van der Waals surface area contributed by atoms with Gasteiger partial charge in [0.15, 0.2) is 0 Å². The Kier molecular flexibility index (Phi) is 4.16. The molecule has 3 heterocycles. The van der Waals surface area contributed by atoms with Crippen molar-refractivity contribution in [3.63, 3.8) is 0 Å². The summed E-state index contributed by atoms with van der Waals surface area (Å²) in [6.07, 6.45) is -6.46. The van der Waals surface area contributed by atoms with E-state index in [2.05, 4.69) is 0 Å². The van der Waals surface area contributed by atoms with Gasteiger partial charge in [-0.2, -0.15) is 22.0 Å². The number of carbonyl (C=O) groups excluding carboxylic acids is 1. The van der Waals surface area contributed by atoms with Crippen molar-refractivity contribution in [1.29, 1.82) is 0 Å². The SMILES string of the molecule is O=C1O[C@@H](CO)CN1c1ccc2cc3n(c(=O)c2c1)C(F)(F)c1cccc(C(F)(F)F)c1-3. The highest BCUT2D eigenvalue weighted by atomic mass is 19.4. The largest absolute Gasteiger partial charge is 0.441 e. The normalized spacial score (nSPS) is 19.2. The van der Waals surface area contributed by atoms with Crippen molar-refractivity contribution in [1.82, 2.24) is 4.57 Å². The maximum Gasteiger partial charge on any atom is 0.417 e. The molecule has 166 valence electrons. The number of hydrogen-bond acceptors (Lipinski definition) is 4. The molecule has 0 spiro atoms. The Morgan fingerprint density at radius 1 is 1.12 bits per heavy atom. The highest BCUT2D eigenvalue weighted by Crippen LogP contribution is 2.50. The van der Waals surface area contributed by atoms with Crippen LogP contribution >= 0.6 is 0 Å². The van der Waals surface area contributed by atoms with Gasteiger partial charge >= 0.3 is 18.3 Å². The average Bonchev–Trinajstić information content (AvgIpc) is 3.22. The van der Waals surface area contributed by atoms with Crippen molar-refractivity contribution in [3.05, 3.63) is 63.9 Å². The molecule has 1 amide bonds. The van der Waals surface area contributed by atoms with Crippen LogP contribution in [-0.2, 0) is 17.0 Å². The summed E-state index contributed by atoms with van der Waals surface area (Å²) in [5.74, 6) is 0. The Labute approximate surface area is 176 Å². The number of alkyl halides is 5. The van der Waals surface area contributed by atoms with Crippen LogP contribution in [0.15, 0.2) is 47.3 Å². The van der Waals surface area contributed by atoms with Gasteiger partial charge in [-0.15, -0.1) is 0 Å². The van der Waals surface area contributed by atoms with Crippen molar-refractivity contribution in [2.75, 3.05) is 18.1 Å². The van der Waals surface area contributed by atoms with E-state index in [0.717, 1.165) is 23.1 Å². The molecule has 5 rings (SSSR count). The molecule has 3 aromatic rings. The lowest BCUT2D eigenvalue weighted by atomic mass is 9.98. The third kappa shape index (κ3) is 2.73. The molecule has 1 saturated heterocycles. The number of hydrogen-bond donors (Lipinski definition) is 1. The van der Waals surface area contributed by atoms with Crippen LogP contribution in [0.3, 0.4) is 0 Å². The molecule has 0 aliphatic carbocycles. The molecule has 2 aromatic carbocycles. The Morgan fingerprint density at radius 2 is 1.88 bits per heavy atom. The molecule has 11 heteroatoms. The maximum atomic E-state index is 15.1. The molecule has 32 heavy (non-hydrogen) atoms. The number of cyclic esters (lactones) is 1. The molecule has 1 atom stereocenters. The number of halogens is 5. The van der Waals surface area contributed by atoms with Gasteiger partial charge in [0, 0.05) is 16.6 Å². The maximum absolute atomic E-state index is 15.1. The number of rotatable bonds is 2. The van der Waals surface area contributed by atoms with Crippen LogP contribution in [0.5, 0.6) is 0 Å². The van der Waals surface area contributed by atoms with E-state index >= 15 is 8.78 Å². The van der Waals surface area contributed by atoms with E-state index in [1.54, 1.807) is 0 Å². The second-order valence-corrected chi connectivity index (χ2v) is 7.51. The van der Waals surface area contributed by atoms with E-state index in [4.69, 9.17) is 4.74 Å². The Morgan fingerprint density at radius 3 is 2.53 bits per heavy atom. The fraction of sp³-hybridized carbons (Fsp3) is 0.238. The lowest BCUT2D eigenvalue weighted by Gasteiger charge is -2.17. The number of aliphatic hydroxyl groups excluding tert-OH is 1. The Balaban J connectivity index is 1.74. The van der Waals surface area contributed by atoms with Gasteiger partial charge in [0.1, 0.15) is 6.10 Å². The van der Waals surface area contributed by atoms with Crippen LogP contribution in [0, 0.1) is 0 Å². The standard InChI is InChI=1S/C21H13F5N2O4/c22-20(23,24)14-2-1-3-15-17(14)16-6-10-4-5-11(27-8-12(9-29)32-19(27)31)7-13(10)18(30)28(16)21(15,25)26/h1-7,12,29H,8-9H2/t12-/m1/s1. The van der Waals surface area contributed by atoms with Crippen molar-refractivity contribution in [3.8, 4) is 11.3 Å². The van der Waals surface area contributed by atoms with Crippen molar-refractivity contribution in [2.45, 2.75) is 18.3 Å². The lowest BCUT2D eigenvalue weighted by Crippen LogP contribution is -2.32. The molecule has 0 bridgehead atoms. The monoisotopic (exact) mass is 452 g/mol. The number of aliphatic hydroxyl groups is 1. The van der Waals surface area contributed by atoms with Gasteiger partial charge in [-0.3, -0.25) is 9.69 Å². The molecule has 0 unspecified atom stereocenters. The van der Waals surface area contributed by atoms with E-state index in [-0.39, 0.29) is 27.6 Å². The number of pyridine rings is 1. The zero-order chi connectivity index (χ0) is 23.0. The van der Waals surface area contributed by atoms with Crippen LogP contribution in [0.25, 0.3) is 22.0 Å². The summed E-state index contributed by atoms with van der Waals surface area (Å²) < 4.78 is 75.8. The smallest absolute Gasteiger partial charge is 0.417 e. The minimum Gasteiger partial charge on any atom is -0.441 e. The van der Waals surface area contributed by atoms with Crippen molar-refractivity contribution >= 4 is 22.6 Å². The molecule has 2 aliphatic heterocycles. The summed E-state index contributed by atoms with van der Waals surface area (Å²) in [4.78, 5) is 26.2. The van der Waals surface area contributed by atoms with E-state index in [1.807, 2.05) is 0 Å². The van der Waals surface area contributed by atoms with Crippen molar-refractivity contribution < 1.29 is 36.6 Å². The van der Waals surface area contributed by atoms with Gasteiger partial charge in [-0.1, -0.05) is 18.2 Å². The zero-order valence-corrected chi connectivity index (χ0v) is 16.0. The first-order valence-corrected chi connectivity index (χ1v) is 9.42. The minimum atomic E-state index is -4.90. The summed E-state index contributed by atoms with van der Waals surface area (Å²) >= 11 is 0. The average molecular weight is 452 g/mol. The van der Waals surface area contributed by atoms with Crippen LogP contribution in [0.4, 0.5) is 32.4 Å². The summed E-state index contributed by atoms with van der Waals surface area (Å²) in [6.45, 7) is -0.429. The zero-order valence-electron chi connectivity index (χ0n) is 16.0. The summed E-state index contributed by atoms with van der Waals surface area (Å²) in [7, 11) is 0. The Bertz CT molecular complexity index is 1350. The first kappa shape index (κ1) is 20.4. The second-order valence-electron chi connectivity index (χ2n) is 7.51. The number of fused-ring (bicyclic) bond motifs is 4. The molecule has 1 aromatic heterocycles. The number of amides is 1. The quantitative estimate of drug-likeness (QED) is 0.599. The fourth-order valence-electron chi connectivity index (χ4n) is 4.19. The van der Waals surface area contributed by atoms with Crippen LogP contribution in [-0.4, -0.2) is 35.0 Å². The third-order valence-electron chi connectivity index (χ3n) is 5.62. The topological polar surface area (TPSA) is 71.8 Å². The van der Waals surface area contributed by atoms with Crippen LogP contribution < -0.4 is 10.5 Å². The number of aromatic nitrogens is 1. The number of anilines is 1. The molecule has 0 saturated carbocycles. The summed E-state index contributed by atoms with van der Waals surface area (Å²) in [6, 6.07) is 3.52. The van der Waals surface area contributed by atoms with Crippen LogP contribution in [0.1, 0.15) is 11.1 Å². The number of carbonyl (C=O) groups is 1. The highest BCUT2D eigenvalue weighted by molar-refractivity contribution is 5.95. The molecule has 1 N–H and O–H groups in total. The first-order chi connectivity index (χ1) is 15.0. The Hall–Kier alpha value is -3.47. The molecular weight excluding hydrogens is 439 g/mol. The highest BCUT2D eigenvalue weighted by Gasteiger charge is 2.49. The van der Waals surface area contributed by atoms with Gasteiger partial charge in [0.25, 0.3) is 5.56 Å². The van der Waals surface area contributed by atoms with E-state index in [1.165, 1.54) is 18.2 Å². The predicted octanol–water partition coefficient (Wildman–Crippen LogP) is 3.92. The summed E-state index contributed by atoms with van der Waals surface area (Å²) in [5.41, 5.74) is -4.46. The van der Waals surface area contributed by atoms with Crippen molar-refractivity contribution in [2.24, 2.45) is 0 Å². The number of nitrogens with zero attached hydrogens (tertiary/aromatic N) is 2. The van der Waals surface area contributed by atoms with Gasteiger partial charge in [-0.25, -0.2) is 9.36 Å². The number of benzene rings is 2. The number of ether oxygens (including phenoxy) is 1. The second kappa shape index (κ2) is 6.52. The van der Waals surface area contributed by atoms with Gasteiger partial charge < -0.3 is 9.84 Å². The fourth-order valence-corrected chi connectivity index (χ4v) is 4.19. The lowest BCUT2D eigenvalue weighted by molar-refractivity contribution is -0.137. The van der Waals surface area contributed by atoms with E-state index in [9.17, 15) is 27.9 Å². The van der Waals surface area contributed by atoms with Gasteiger partial charge in [0.05, 0.1) is 30.0 Å². The third-order valence-corrected chi connectivity index (χ3v) is 5.62. The van der Waals surface area contributed by atoms with E-state index < -0.39 is 59.0 Å². The predicted molar refractivity (Wildman–Crippen MR) is 103 cm³/mol. The van der Waals surface area contributed by atoms with Gasteiger partial charge in [0.2, 0.25) is 0 Å². The molecule has 0 radical (unpaired) electrons. The molecule has 6 nitrogen and oxygen atoms in total. The summed E-state index contributed by atoms with van der Waals surface area (Å²) in [5, 5.41) is 9.11. The molecular formula is C21H13F5N2O4. The van der Waals surface area contributed by atoms with Crippen LogP contribution in [0.2, 0.25) is 0 Å². The minimum absolute atomic E-state index is 0.0103.